The third-order valence-corrected chi connectivity index (χ3v) is 6.44. The molecule has 1 aliphatic rings. The second-order valence-corrected chi connectivity index (χ2v) is 9.50. The van der Waals surface area contributed by atoms with Gasteiger partial charge >= 0.3 is 0 Å². The monoisotopic (exact) mass is 459 g/mol. The second kappa shape index (κ2) is 12.3. The van der Waals surface area contributed by atoms with Gasteiger partial charge in [0.1, 0.15) is 0 Å². The summed E-state index contributed by atoms with van der Waals surface area (Å²) in [4.78, 5) is 24.4. The Hall–Kier alpha value is -3.18. The number of nitrogens with zero attached hydrogens (tertiary/aromatic N) is 1. The van der Waals surface area contributed by atoms with Crippen LogP contribution in [0.1, 0.15) is 37.8 Å². The first-order valence-electron chi connectivity index (χ1n) is 12.2. The molecule has 180 valence electrons. The maximum Gasteiger partial charge on any atom is 0.239 e. The number of benzene rings is 3. The molecule has 3 aromatic rings. The molecule has 2 unspecified atom stereocenters. The van der Waals surface area contributed by atoms with Crippen LogP contribution < -0.4 is 11.1 Å². The number of hydrogen-bond donors (Lipinski definition) is 2. The van der Waals surface area contributed by atoms with Gasteiger partial charge in [-0.15, -0.1) is 0 Å². The number of carbonyl (C=O) groups is 2. The van der Waals surface area contributed by atoms with Crippen LogP contribution in [0.3, 0.4) is 0 Å². The lowest BCUT2D eigenvalue weighted by atomic mass is 9.76. The summed E-state index contributed by atoms with van der Waals surface area (Å²) >= 11 is 0. The van der Waals surface area contributed by atoms with Crippen molar-refractivity contribution in [2.45, 2.75) is 45.6 Å². The predicted molar refractivity (Wildman–Crippen MR) is 139 cm³/mol. The molecule has 3 aromatic carbocycles. The molecule has 3 N–H and O–H groups in total. The number of piperidine rings is 1. The number of rotatable bonds is 7. The molecule has 1 saturated heterocycles. The normalized spacial score (nSPS) is 18.5. The van der Waals surface area contributed by atoms with E-state index >= 15 is 0 Å². The number of nitrogens with one attached hydrogen (secondary N) is 1. The minimum atomic E-state index is -0.491. The molecule has 1 heterocycles. The van der Waals surface area contributed by atoms with Crippen LogP contribution in [0.4, 0.5) is 0 Å². The summed E-state index contributed by atoms with van der Waals surface area (Å²) in [5.41, 5.74) is 8.94. The van der Waals surface area contributed by atoms with Gasteiger partial charge in [0.05, 0.1) is 6.04 Å². The quantitative estimate of drug-likeness (QED) is 0.516. The lowest BCUT2D eigenvalue weighted by Gasteiger charge is -2.41. The van der Waals surface area contributed by atoms with Crippen molar-refractivity contribution in [3.05, 3.63) is 83.9 Å². The second-order valence-electron chi connectivity index (χ2n) is 9.50. The lowest BCUT2D eigenvalue weighted by Crippen LogP contribution is -2.51. The summed E-state index contributed by atoms with van der Waals surface area (Å²) in [6.45, 7) is 6.49. The van der Waals surface area contributed by atoms with Crippen LogP contribution in [0, 0.1) is 5.41 Å². The molecule has 1 aliphatic heterocycles. The van der Waals surface area contributed by atoms with Crippen LogP contribution >= 0.6 is 0 Å². The summed E-state index contributed by atoms with van der Waals surface area (Å²) in [5.74, 6) is 0.0807. The van der Waals surface area contributed by atoms with Gasteiger partial charge in [-0.3, -0.25) is 9.59 Å². The van der Waals surface area contributed by atoms with Crippen molar-refractivity contribution in [3.63, 3.8) is 0 Å². The number of amides is 2. The van der Waals surface area contributed by atoms with Crippen molar-refractivity contribution in [1.82, 2.24) is 10.2 Å². The Labute approximate surface area is 203 Å². The highest BCUT2D eigenvalue weighted by Gasteiger charge is 2.34. The summed E-state index contributed by atoms with van der Waals surface area (Å²) < 4.78 is 0. The molecule has 0 spiro atoms. The largest absolute Gasteiger partial charge is 0.359 e. The van der Waals surface area contributed by atoms with Crippen LogP contribution in [0.2, 0.25) is 0 Å². The first-order valence-corrected chi connectivity index (χ1v) is 12.2. The number of hydrogen-bond acceptors (Lipinski definition) is 3. The zero-order valence-electron chi connectivity index (χ0n) is 20.4. The molecule has 0 aromatic heterocycles. The van der Waals surface area contributed by atoms with Crippen molar-refractivity contribution >= 4 is 23.1 Å². The van der Waals surface area contributed by atoms with E-state index in [1.54, 1.807) is 0 Å². The maximum atomic E-state index is 13.1. The highest BCUT2D eigenvalue weighted by Crippen LogP contribution is 2.33. The third-order valence-electron chi connectivity index (χ3n) is 6.44. The molecule has 1 fully saturated rings. The van der Waals surface area contributed by atoms with Crippen LogP contribution in [-0.4, -0.2) is 42.9 Å². The molecule has 5 nitrogen and oxygen atoms in total. The van der Waals surface area contributed by atoms with Gasteiger partial charge in [-0.25, -0.2) is 0 Å². The Bertz CT molecular complexity index is 1070. The fourth-order valence-corrected chi connectivity index (χ4v) is 4.76. The molecular formula is C29H37N3O2. The van der Waals surface area contributed by atoms with E-state index in [2.05, 4.69) is 66.8 Å². The Morgan fingerprint density at radius 3 is 2.44 bits per heavy atom. The molecule has 0 bridgehead atoms. The molecule has 4 rings (SSSR count). The summed E-state index contributed by atoms with van der Waals surface area (Å²) in [5, 5.41) is 4.84. The van der Waals surface area contributed by atoms with Crippen LogP contribution in [0.5, 0.6) is 0 Å². The van der Waals surface area contributed by atoms with E-state index in [0.717, 1.165) is 44.5 Å². The van der Waals surface area contributed by atoms with E-state index in [4.69, 9.17) is 5.73 Å². The first kappa shape index (κ1) is 25.4. The van der Waals surface area contributed by atoms with E-state index < -0.39 is 6.04 Å². The number of fused-ring (bicyclic) bond motifs is 1. The average molecular weight is 460 g/mol. The topological polar surface area (TPSA) is 75.4 Å². The molecule has 2 atom stereocenters. The van der Waals surface area contributed by atoms with Crippen molar-refractivity contribution in [2.24, 2.45) is 11.1 Å². The van der Waals surface area contributed by atoms with E-state index in [1.165, 1.54) is 16.3 Å². The predicted octanol–water partition coefficient (Wildman–Crippen LogP) is 4.33. The molecule has 0 saturated carbocycles. The third kappa shape index (κ3) is 7.16. The maximum absolute atomic E-state index is 13.1. The number of nitrogens with two attached hydrogens (primary N) is 1. The molecule has 34 heavy (non-hydrogen) atoms. The minimum absolute atomic E-state index is 0.0807. The zero-order valence-corrected chi connectivity index (χ0v) is 20.4. The Balaban J connectivity index is 0.000000588. The van der Waals surface area contributed by atoms with E-state index in [-0.39, 0.29) is 11.3 Å². The fraction of sp³-hybridized carbons (Fsp3) is 0.379. The Morgan fingerprint density at radius 1 is 1.06 bits per heavy atom. The van der Waals surface area contributed by atoms with E-state index in [9.17, 15) is 9.59 Å². The van der Waals surface area contributed by atoms with E-state index in [0.29, 0.717) is 12.8 Å². The van der Waals surface area contributed by atoms with Gasteiger partial charge < -0.3 is 16.0 Å². The molecule has 5 heteroatoms. The van der Waals surface area contributed by atoms with Crippen molar-refractivity contribution in [1.29, 1.82) is 0 Å². The molecular weight excluding hydrogens is 422 g/mol. The van der Waals surface area contributed by atoms with E-state index in [1.807, 2.05) is 30.0 Å². The Morgan fingerprint density at radius 2 is 1.76 bits per heavy atom. The average Bonchev–Trinajstić information content (AvgIpc) is 2.85. The Kier molecular flexibility index (Phi) is 9.23. The van der Waals surface area contributed by atoms with Gasteiger partial charge in [0.15, 0.2) is 0 Å². The molecule has 0 radical (unpaired) electrons. The fourth-order valence-electron chi connectivity index (χ4n) is 4.76. The zero-order chi connectivity index (χ0) is 24.4. The van der Waals surface area contributed by atoms with Gasteiger partial charge in [0, 0.05) is 19.6 Å². The van der Waals surface area contributed by atoms with Crippen molar-refractivity contribution < 1.29 is 9.59 Å². The number of carbonyl (C=O) groups excluding carboxylic acids is 2. The van der Waals surface area contributed by atoms with Crippen molar-refractivity contribution in [3.8, 4) is 0 Å². The standard InChI is InChI=1S/C26H30N2O.C3H7NO/c1-26(18-20-8-3-2-4-9-20)14-7-15-28(19-26)25(29)24(27)17-21-12-13-22-10-5-6-11-23(22)16-21;1-2-4-3-5/h2-6,8-13,16,24H,7,14-15,17-19,27H2,1H3;3H,2H2,1H3,(H,4,5). The summed E-state index contributed by atoms with van der Waals surface area (Å²) in [6, 6.07) is 24.7. The van der Waals surface area contributed by atoms with Gasteiger partial charge in [-0.05, 0) is 59.9 Å². The van der Waals surface area contributed by atoms with Gasteiger partial charge in [-0.2, -0.15) is 0 Å². The number of likely N-dealkylation sites (tertiary alicyclic amines) is 1. The lowest BCUT2D eigenvalue weighted by molar-refractivity contribution is -0.135. The highest BCUT2D eigenvalue weighted by atomic mass is 16.2. The van der Waals surface area contributed by atoms with Crippen molar-refractivity contribution in [2.75, 3.05) is 19.6 Å². The van der Waals surface area contributed by atoms with Crippen LogP contribution in [0.15, 0.2) is 72.8 Å². The SMILES string of the molecule is CC1(Cc2ccccc2)CCCN(C(=O)C(N)Cc2ccc3ccccc3c2)C1.CCNC=O. The first-order chi connectivity index (χ1) is 16.4. The van der Waals surface area contributed by atoms with Gasteiger partial charge in [-0.1, -0.05) is 79.7 Å². The highest BCUT2D eigenvalue weighted by molar-refractivity contribution is 5.84. The smallest absolute Gasteiger partial charge is 0.239 e. The van der Waals surface area contributed by atoms with Gasteiger partial charge in [0.2, 0.25) is 12.3 Å². The molecule has 0 aliphatic carbocycles. The van der Waals surface area contributed by atoms with Gasteiger partial charge in [0.25, 0.3) is 0 Å². The molecule has 2 amide bonds. The minimum Gasteiger partial charge on any atom is -0.359 e. The summed E-state index contributed by atoms with van der Waals surface area (Å²) in [7, 11) is 0. The van der Waals surface area contributed by atoms with Crippen LogP contribution in [-0.2, 0) is 22.4 Å². The summed E-state index contributed by atoms with van der Waals surface area (Å²) in [6.07, 6.45) is 4.44. The van der Waals surface area contributed by atoms with Crippen LogP contribution in [0.25, 0.3) is 10.8 Å².